The molecule has 2 aromatic carbocycles. The van der Waals surface area contributed by atoms with Crippen LogP contribution in [0, 0.1) is 27.7 Å². The first-order valence-corrected chi connectivity index (χ1v) is 27.0. The number of amides is 10. The summed E-state index contributed by atoms with van der Waals surface area (Å²) in [6.45, 7) is 10.2. The van der Waals surface area contributed by atoms with E-state index in [1.165, 1.54) is 25.4 Å². The van der Waals surface area contributed by atoms with E-state index in [1.807, 2.05) is 34.6 Å². The normalized spacial score (nSPS) is 20.9. The maximum atomic E-state index is 13.5. The van der Waals surface area contributed by atoms with Crippen LogP contribution in [0.3, 0.4) is 0 Å². The van der Waals surface area contributed by atoms with Gasteiger partial charge in [0.2, 0.25) is 23.0 Å². The Morgan fingerprint density at radius 1 is 0.750 bits per heavy atom. The first-order valence-electron chi connectivity index (χ1n) is 24.3. The zero-order valence-electron chi connectivity index (χ0n) is 44.6. The quantitative estimate of drug-likeness (QED) is 0.119. The van der Waals surface area contributed by atoms with Gasteiger partial charge in [-0.05, 0) is 107 Å². The molecule has 438 valence electrons. The summed E-state index contributed by atoms with van der Waals surface area (Å²) in [5.41, 5.74) is 4.67. The van der Waals surface area contributed by atoms with Crippen LogP contribution in [0.15, 0.2) is 36.4 Å². The summed E-state index contributed by atoms with van der Waals surface area (Å²) in [6.07, 6.45) is -3.79. The minimum Gasteiger partial charge on any atom is -0.490 e. The number of aryl methyl sites for hydroxylation is 4. The number of hydrogen-bond acceptors (Lipinski definition) is 13. The highest BCUT2D eigenvalue weighted by atomic mass is 79.9. The second kappa shape index (κ2) is 26.7. The molecule has 0 bridgehead atoms. The summed E-state index contributed by atoms with van der Waals surface area (Å²) in [4.78, 5) is 105. The first-order chi connectivity index (χ1) is 35.9. The predicted octanol–water partition coefficient (Wildman–Crippen LogP) is 8.31. The Morgan fingerprint density at radius 2 is 1.29 bits per heavy atom. The summed E-state index contributed by atoms with van der Waals surface area (Å²) in [7, 11) is 3.05. The summed E-state index contributed by atoms with van der Waals surface area (Å²) in [5.74, 6) is -0.984. The highest BCUT2D eigenvalue weighted by molar-refractivity contribution is 9.09. The fourth-order valence-electron chi connectivity index (χ4n) is 10.3. The van der Waals surface area contributed by atoms with Gasteiger partial charge in [0.1, 0.15) is 24.9 Å². The molecule has 80 heavy (non-hydrogen) atoms. The highest BCUT2D eigenvalue weighted by Gasteiger charge is 2.59. The first kappa shape index (κ1) is 67.2. The molecule has 4 atom stereocenters. The number of halogens is 4. The second-order valence-electron chi connectivity index (χ2n) is 19.1. The van der Waals surface area contributed by atoms with Gasteiger partial charge in [0.25, 0.3) is 11.8 Å². The number of rotatable bonds is 5. The zero-order chi connectivity index (χ0) is 55.2. The summed E-state index contributed by atoms with van der Waals surface area (Å²) < 4.78 is 56.3. The van der Waals surface area contributed by atoms with Crippen molar-refractivity contribution in [2.24, 2.45) is 0 Å². The molecule has 4 aromatic rings. The number of alkyl carbamates (subject to hydrolysis) is 1. The minimum atomic E-state index is -4.38. The maximum absolute atomic E-state index is 13.5. The van der Waals surface area contributed by atoms with Crippen molar-refractivity contribution in [3.63, 3.8) is 0 Å². The van der Waals surface area contributed by atoms with Crippen molar-refractivity contribution in [1.29, 1.82) is 0 Å². The SMILES string of the molecule is CNC(=O)Nc1ccc2c(c1)CC[C@]21OC(=O)N(CC(=O)N2Cc3sc(C)c(C)c3OC[C@H]2C)C1=O.CNC(=O)Nc1ccc2c(c1)CC[C@]21OC(=O)NC1=O.Cc1sc2c(c1C)CC[C@@H](C(F)(F)F)N(C(=O)CBr)C2.S.S.S.S. The van der Waals surface area contributed by atoms with Crippen molar-refractivity contribution < 1.29 is 65.7 Å². The van der Waals surface area contributed by atoms with Crippen molar-refractivity contribution >= 4 is 152 Å². The van der Waals surface area contributed by atoms with E-state index in [2.05, 4.69) is 42.5 Å². The van der Waals surface area contributed by atoms with Crippen molar-refractivity contribution in [2.75, 3.05) is 43.2 Å². The molecule has 0 saturated carbocycles. The molecule has 5 N–H and O–H groups in total. The molecule has 2 aromatic heterocycles. The fraction of sp³-hybridized carbons (Fsp3) is 0.451. The van der Waals surface area contributed by atoms with Crippen LogP contribution in [0.1, 0.15) is 84.6 Å². The number of ether oxygens (including phenoxy) is 3. The van der Waals surface area contributed by atoms with Gasteiger partial charge in [-0.15, -0.1) is 22.7 Å². The molecule has 2 saturated heterocycles. The number of benzene rings is 2. The number of nitrogens with one attached hydrogen (secondary N) is 5. The third-order valence-electron chi connectivity index (χ3n) is 14.6. The van der Waals surface area contributed by atoms with Crippen LogP contribution in [-0.2, 0) is 72.2 Å². The smallest absolute Gasteiger partial charge is 0.418 e. The molecule has 10 rings (SSSR count). The van der Waals surface area contributed by atoms with E-state index in [-0.39, 0.29) is 103 Å². The van der Waals surface area contributed by atoms with Crippen LogP contribution in [0.4, 0.5) is 43.7 Å². The van der Waals surface area contributed by atoms with Gasteiger partial charge in [0.15, 0.2) is 0 Å². The Balaban J connectivity index is 0.000000270. The number of anilines is 2. The van der Waals surface area contributed by atoms with E-state index in [1.54, 1.807) is 52.6 Å². The van der Waals surface area contributed by atoms with Crippen LogP contribution in [0.5, 0.6) is 5.75 Å². The van der Waals surface area contributed by atoms with Gasteiger partial charge in [-0.2, -0.15) is 67.2 Å². The number of hydrogen-bond donors (Lipinski definition) is 5. The zero-order valence-corrected chi connectivity index (χ0v) is 51.8. The number of carbonyl (C=O) groups excluding carboxylic acids is 8. The lowest BCUT2D eigenvalue weighted by Crippen LogP contribution is -2.48. The number of fused-ring (bicyclic) bond motifs is 6. The number of carbonyl (C=O) groups is 8. The third-order valence-corrected chi connectivity index (χ3v) is 17.4. The second-order valence-corrected chi connectivity index (χ2v) is 22.2. The lowest BCUT2D eigenvalue weighted by atomic mass is 9.94. The van der Waals surface area contributed by atoms with Gasteiger partial charge in [0, 0.05) is 69.6 Å². The van der Waals surface area contributed by atoms with E-state index in [0.29, 0.717) is 61.3 Å². The lowest BCUT2D eigenvalue weighted by Gasteiger charge is -2.31. The molecule has 10 amide bonds. The average molecular weight is 1290 g/mol. The van der Waals surface area contributed by atoms with E-state index < -0.39 is 59.9 Å². The van der Waals surface area contributed by atoms with Crippen molar-refractivity contribution in [2.45, 2.75) is 116 Å². The van der Waals surface area contributed by atoms with Crippen LogP contribution >= 0.6 is 92.6 Å². The van der Waals surface area contributed by atoms with Gasteiger partial charge in [0.05, 0.1) is 29.3 Å². The lowest BCUT2D eigenvalue weighted by molar-refractivity contribution is -0.190. The number of thiophene rings is 2. The van der Waals surface area contributed by atoms with Crippen LogP contribution in [-0.4, -0.2) is 113 Å². The number of alkyl halides is 4. The molecule has 19 nitrogen and oxygen atoms in total. The summed E-state index contributed by atoms with van der Waals surface area (Å²) >= 11 is 6.06. The standard InChI is InChI=1S/C25H28N4O6S.C13H15BrF3NOS.C13H13N3O4.4H2S/c1-13-12-34-21-14(2)15(3)36-19(21)10-28(13)20(30)11-29-22(31)25(35-24(29)33)8-7-16-9-17(5-6-18(16)25)27-23(32)26-4;1-7-8(2)20-10-6-18(12(19)5-14)11(13(15,16)17)4-3-9(7)10;1-14-11(18)15-8-2-3-9-7(6-8)4-5-13(9)10(17)16-12(19)20-13;;;;/h5-6,9,13H,7-8,10-12H2,1-4H3,(H2,26,27,32);11H,3-6H2,1-2H3;2-3,6H,4-5H2,1H3,(H2,14,15,18)(H,16,17,19);4*1H2/t13-,25+;11-;13-;;;;/m100..../s1. The average Bonchev–Trinajstić information content (AvgIpc) is 4.13. The molecule has 2 spiro atoms. The Kier molecular flexibility index (Phi) is 22.4. The molecule has 0 radical (unpaired) electrons. The molecule has 6 heterocycles. The Morgan fingerprint density at radius 3 is 1.82 bits per heavy atom. The topological polar surface area (TPSA) is 234 Å². The molecule has 2 fully saturated rings. The molecular formula is C51H64BrF3N8O11S6. The van der Waals surface area contributed by atoms with Crippen molar-refractivity contribution in [3.8, 4) is 5.75 Å². The predicted molar refractivity (Wildman–Crippen MR) is 319 cm³/mol. The Labute approximate surface area is 504 Å². The largest absolute Gasteiger partial charge is 0.490 e. The van der Waals surface area contributed by atoms with Crippen molar-refractivity contribution in [3.05, 3.63) is 94.9 Å². The molecule has 2 aliphatic carbocycles. The highest BCUT2D eigenvalue weighted by Crippen LogP contribution is 2.47. The summed E-state index contributed by atoms with van der Waals surface area (Å²) in [5, 5.41) is 12.4. The van der Waals surface area contributed by atoms with E-state index in [4.69, 9.17) is 14.2 Å². The van der Waals surface area contributed by atoms with Crippen LogP contribution < -0.4 is 31.3 Å². The maximum Gasteiger partial charge on any atom is 0.418 e. The van der Waals surface area contributed by atoms with Crippen LogP contribution in [0.25, 0.3) is 0 Å². The number of nitrogens with zero attached hydrogens (tertiary/aromatic N) is 3. The molecule has 6 aliphatic rings. The van der Waals surface area contributed by atoms with Gasteiger partial charge in [-0.3, -0.25) is 24.5 Å². The molecule has 4 aliphatic heterocycles. The molecular weight excluding hydrogens is 1230 g/mol. The van der Waals surface area contributed by atoms with Gasteiger partial charge < -0.3 is 45.3 Å². The molecule has 29 heteroatoms. The fourth-order valence-corrected chi connectivity index (χ4v) is 13.0. The summed E-state index contributed by atoms with van der Waals surface area (Å²) in [6, 6.07) is 7.73. The van der Waals surface area contributed by atoms with E-state index in [9.17, 15) is 51.5 Å². The number of urea groups is 2. The monoisotopic (exact) mass is 1290 g/mol. The van der Waals surface area contributed by atoms with Crippen LogP contribution in [0.2, 0.25) is 0 Å². The van der Waals surface area contributed by atoms with E-state index in [0.717, 1.165) is 62.9 Å². The van der Waals surface area contributed by atoms with Gasteiger partial charge in [-0.1, -0.05) is 28.1 Å². The minimum absolute atomic E-state index is 0. The Hall–Kier alpha value is -5.33. The Bertz CT molecular complexity index is 3070. The third kappa shape index (κ3) is 13.1. The van der Waals surface area contributed by atoms with Gasteiger partial charge in [-0.25, -0.2) is 24.1 Å². The van der Waals surface area contributed by atoms with E-state index >= 15 is 0 Å². The number of imide groups is 2. The van der Waals surface area contributed by atoms with Crippen molar-refractivity contribution in [1.82, 2.24) is 30.7 Å². The molecule has 0 unspecified atom stereocenters. The van der Waals surface area contributed by atoms with Gasteiger partial charge >= 0.3 is 30.4 Å².